The molecule has 0 saturated carbocycles. The number of amides is 3. The van der Waals surface area contributed by atoms with Crippen molar-refractivity contribution in [3.05, 3.63) is 0 Å². The molecule has 0 aliphatic carbocycles. The summed E-state index contributed by atoms with van der Waals surface area (Å²) in [6.07, 6.45) is -7.62. The number of hydrogen-bond acceptors (Lipinski definition) is 11. The van der Waals surface area contributed by atoms with Gasteiger partial charge in [0, 0.05) is 31.6 Å². The van der Waals surface area contributed by atoms with Crippen LogP contribution in [0.4, 0.5) is 4.79 Å². The van der Waals surface area contributed by atoms with Gasteiger partial charge in [-0.1, -0.05) is 0 Å². The van der Waals surface area contributed by atoms with E-state index in [0.717, 1.165) is 0 Å². The van der Waals surface area contributed by atoms with E-state index in [9.17, 15) is 35.1 Å². The lowest BCUT2D eigenvalue weighted by Crippen LogP contribution is -2.56. The van der Waals surface area contributed by atoms with E-state index in [1.807, 2.05) is 6.92 Å². The van der Waals surface area contributed by atoms with E-state index in [1.54, 1.807) is 0 Å². The van der Waals surface area contributed by atoms with Crippen molar-refractivity contribution in [3.8, 4) is 0 Å². The van der Waals surface area contributed by atoms with Gasteiger partial charge in [-0.05, 0) is 13.3 Å². The molecule has 0 aromatic heterocycles. The van der Waals surface area contributed by atoms with Crippen LogP contribution in [0.15, 0.2) is 0 Å². The zero-order chi connectivity index (χ0) is 22.9. The van der Waals surface area contributed by atoms with Crippen LogP contribution in [0, 0.1) is 0 Å². The Kier molecular flexibility index (Phi) is 7.83. The number of aliphatic hydroxyl groups is 6. The molecule has 3 rings (SSSR count). The number of nitrogens with one attached hydrogen (secondary N) is 3. The number of hydrogen-bond donors (Lipinski definition) is 9. The summed E-state index contributed by atoms with van der Waals surface area (Å²) in [7, 11) is 0. The summed E-state index contributed by atoms with van der Waals surface area (Å²) < 4.78 is 5.68. The second kappa shape index (κ2) is 10.0. The third-order valence-corrected chi connectivity index (χ3v) is 6.14. The molecule has 10 atom stereocenters. The fourth-order valence-electron chi connectivity index (χ4n) is 4.31. The van der Waals surface area contributed by atoms with Crippen LogP contribution in [0.3, 0.4) is 0 Å². The smallest absolute Gasteiger partial charge is 0.326 e. The van der Waals surface area contributed by atoms with Gasteiger partial charge in [0.25, 0.3) is 0 Å². The molecule has 3 aliphatic heterocycles. The summed E-state index contributed by atoms with van der Waals surface area (Å²) in [6.45, 7) is 1.48. The van der Waals surface area contributed by atoms with Gasteiger partial charge in [-0.15, -0.1) is 0 Å². The molecule has 0 aromatic rings. The van der Waals surface area contributed by atoms with E-state index < -0.39 is 73.5 Å². The summed E-state index contributed by atoms with van der Waals surface area (Å²) in [5.74, 6) is -0.414. The molecule has 13 heteroatoms. The van der Waals surface area contributed by atoms with Crippen LogP contribution in [0.5, 0.6) is 0 Å². The van der Waals surface area contributed by atoms with Gasteiger partial charge in [-0.2, -0.15) is 0 Å². The normalized spacial score (nSPS) is 40.8. The largest absolute Gasteiger partial charge is 0.394 e. The Morgan fingerprint density at radius 1 is 1.16 bits per heavy atom. The van der Waals surface area contributed by atoms with E-state index in [0.29, 0.717) is 6.42 Å². The summed E-state index contributed by atoms with van der Waals surface area (Å²) in [4.78, 5) is 24.5. The molecule has 31 heavy (non-hydrogen) atoms. The first kappa shape index (κ1) is 24.2. The molecular weight excluding hydrogens is 416 g/mol. The van der Waals surface area contributed by atoms with Crippen LogP contribution in [0.2, 0.25) is 0 Å². The highest BCUT2D eigenvalue weighted by Gasteiger charge is 2.48. The minimum Gasteiger partial charge on any atom is -0.394 e. The molecule has 2 unspecified atom stereocenters. The molecule has 0 aromatic carbocycles. The molecule has 3 saturated heterocycles. The van der Waals surface area contributed by atoms with Gasteiger partial charge in [0.15, 0.2) is 6.23 Å². The lowest BCUT2D eigenvalue weighted by molar-refractivity contribution is -0.125. The Balaban J connectivity index is 1.49. The lowest BCUT2D eigenvalue weighted by Gasteiger charge is -2.32. The highest BCUT2D eigenvalue weighted by Crippen LogP contribution is 2.26. The first-order chi connectivity index (χ1) is 14.6. The molecular formula is C18H32N4O9. The number of rotatable bonds is 8. The number of carbonyl (C=O) groups excluding carboxylic acids is 2. The van der Waals surface area contributed by atoms with Crippen molar-refractivity contribution < 1.29 is 45.0 Å². The van der Waals surface area contributed by atoms with Crippen molar-refractivity contribution in [2.45, 2.75) is 80.7 Å². The van der Waals surface area contributed by atoms with Crippen molar-refractivity contribution in [1.29, 1.82) is 0 Å². The minimum absolute atomic E-state index is 0.0723. The Labute approximate surface area is 179 Å². The van der Waals surface area contributed by atoms with Gasteiger partial charge in [-0.3, -0.25) is 15.0 Å². The topological polar surface area (TPSA) is 204 Å². The highest BCUT2D eigenvalue weighted by molar-refractivity contribution is 5.96. The van der Waals surface area contributed by atoms with Crippen LogP contribution in [-0.2, 0) is 9.53 Å². The number of ether oxygens (including phenoxy) is 1. The Morgan fingerprint density at radius 2 is 1.87 bits per heavy atom. The average molecular weight is 448 g/mol. The van der Waals surface area contributed by atoms with Crippen LogP contribution in [-0.4, -0.2) is 128 Å². The zero-order valence-corrected chi connectivity index (χ0v) is 17.2. The van der Waals surface area contributed by atoms with Crippen LogP contribution in [0.1, 0.15) is 19.8 Å². The van der Waals surface area contributed by atoms with E-state index in [-0.39, 0.29) is 25.6 Å². The second-order valence-corrected chi connectivity index (χ2v) is 8.42. The van der Waals surface area contributed by atoms with Crippen LogP contribution in [0.25, 0.3) is 0 Å². The Bertz CT molecular complexity index is 656. The third-order valence-electron chi connectivity index (χ3n) is 6.14. The average Bonchev–Trinajstić information content (AvgIpc) is 3.17. The van der Waals surface area contributed by atoms with Gasteiger partial charge >= 0.3 is 6.03 Å². The number of nitrogens with zero attached hydrogens (tertiary/aromatic N) is 1. The van der Waals surface area contributed by atoms with Gasteiger partial charge in [0.1, 0.15) is 18.3 Å². The SMILES string of the molecule is CC(CC1N[C@@H]([C@H](O)CO)[C@H](O)[C@H]1O)NC[C@H]1O[C@@H](N2CCC(=O)NC2=O)[C@H](O)[C@@H]1O. The maximum atomic E-state index is 12.0. The second-order valence-electron chi connectivity index (χ2n) is 8.42. The molecule has 9 N–H and O–H groups in total. The maximum absolute atomic E-state index is 12.0. The molecule has 3 amide bonds. The number of urea groups is 1. The van der Waals surface area contributed by atoms with Crippen molar-refractivity contribution in [2.24, 2.45) is 0 Å². The quantitative estimate of drug-likeness (QED) is 0.172. The molecule has 3 aliphatic rings. The van der Waals surface area contributed by atoms with Gasteiger partial charge < -0.3 is 46.0 Å². The van der Waals surface area contributed by atoms with Crippen molar-refractivity contribution in [1.82, 2.24) is 20.9 Å². The summed E-state index contributed by atoms with van der Waals surface area (Å²) in [5, 5.41) is 67.9. The van der Waals surface area contributed by atoms with Gasteiger partial charge in [0.05, 0.1) is 31.0 Å². The van der Waals surface area contributed by atoms with Crippen molar-refractivity contribution >= 4 is 11.9 Å². The van der Waals surface area contributed by atoms with Crippen molar-refractivity contribution in [2.75, 3.05) is 19.7 Å². The first-order valence-corrected chi connectivity index (χ1v) is 10.4. The maximum Gasteiger partial charge on any atom is 0.326 e. The molecule has 0 bridgehead atoms. The fraction of sp³-hybridized carbons (Fsp3) is 0.889. The minimum atomic E-state index is -1.34. The molecule has 3 heterocycles. The van der Waals surface area contributed by atoms with Gasteiger partial charge in [0.2, 0.25) is 5.91 Å². The molecule has 13 nitrogen and oxygen atoms in total. The third kappa shape index (κ3) is 5.16. The van der Waals surface area contributed by atoms with E-state index in [4.69, 9.17) is 9.84 Å². The molecule has 178 valence electrons. The van der Waals surface area contributed by atoms with Gasteiger partial charge in [-0.25, -0.2) is 4.79 Å². The molecule has 3 fully saturated rings. The molecule has 0 radical (unpaired) electrons. The van der Waals surface area contributed by atoms with Crippen LogP contribution < -0.4 is 16.0 Å². The lowest BCUT2D eigenvalue weighted by atomic mass is 10.0. The first-order valence-electron chi connectivity index (χ1n) is 10.4. The van der Waals surface area contributed by atoms with E-state index >= 15 is 0 Å². The predicted molar refractivity (Wildman–Crippen MR) is 103 cm³/mol. The Morgan fingerprint density at radius 3 is 2.52 bits per heavy atom. The number of carbonyl (C=O) groups is 2. The Hall–Kier alpha value is -1.42. The number of imide groups is 1. The standard InChI is InChI=1S/C18H32N4O9/c1-7(4-8-13(26)15(28)12(20-8)9(24)6-23)19-5-10-14(27)16(29)17(31-10)22-3-2-11(25)21-18(22)30/h7-10,12-17,19-20,23-24,26-29H,2-6H2,1H3,(H,21,25,30)/t7?,8?,9-,10-,12+,13+,14-,15+,16-,17-/m1/s1. The number of aliphatic hydroxyl groups excluding tert-OH is 6. The molecule has 0 spiro atoms. The van der Waals surface area contributed by atoms with Crippen LogP contribution >= 0.6 is 0 Å². The van der Waals surface area contributed by atoms with E-state index in [1.165, 1.54) is 4.90 Å². The highest BCUT2D eigenvalue weighted by atomic mass is 16.6. The van der Waals surface area contributed by atoms with Crippen molar-refractivity contribution in [3.63, 3.8) is 0 Å². The zero-order valence-electron chi connectivity index (χ0n) is 17.2. The van der Waals surface area contributed by atoms with E-state index in [2.05, 4.69) is 16.0 Å². The monoisotopic (exact) mass is 448 g/mol. The summed E-state index contributed by atoms with van der Waals surface area (Å²) >= 11 is 0. The predicted octanol–water partition coefficient (Wildman–Crippen LogP) is -4.84. The fourth-order valence-corrected chi connectivity index (χ4v) is 4.31. The summed E-state index contributed by atoms with van der Waals surface area (Å²) in [5.41, 5.74) is 0. The summed E-state index contributed by atoms with van der Waals surface area (Å²) in [6, 6.07) is -2.29.